The topological polar surface area (TPSA) is 81.5 Å². The molecule has 0 amide bonds. The fraction of sp³-hybridized carbons (Fsp3) is 0.625. The van der Waals surface area contributed by atoms with Crippen molar-refractivity contribution in [3.05, 3.63) is 21.9 Å². The molecule has 5 heteroatoms. The predicted octanol–water partition coefficient (Wildman–Crippen LogP) is 0.339. The Balaban J connectivity index is 2.38. The predicted molar refractivity (Wildman–Crippen MR) is 48.1 cm³/mol. The summed E-state index contributed by atoms with van der Waals surface area (Å²) < 4.78 is 0. The van der Waals surface area contributed by atoms with Gasteiger partial charge in [-0.05, 0) is 18.9 Å². The fourth-order valence-electron chi connectivity index (χ4n) is 1.80. The number of dihydropyridines is 1. The van der Waals surface area contributed by atoms with Crippen LogP contribution < -0.4 is 5.73 Å². The Hall–Kier alpha value is -1.39. The molecule has 1 unspecified atom stereocenters. The fourth-order valence-corrected chi connectivity index (χ4v) is 1.80. The lowest BCUT2D eigenvalue weighted by Crippen LogP contribution is -2.49. The van der Waals surface area contributed by atoms with Crippen molar-refractivity contribution in [3.63, 3.8) is 0 Å². The molecular formula is C8H11N3O2. The summed E-state index contributed by atoms with van der Waals surface area (Å²) in [6, 6.07) is 0. The lowest BCUT2D eigenvalue weighted by atomic mass is 9.89. The second-order valence-corrected chi connectivity index (χ2v) is 3.57. The zero-order chi connectivity index (χ0) is 9.47. The molecule has 2 aliphatic rings. The summed E-state index contributed by atoms with van der Waals surface area (Å²) in [4.78, 5) is 14.6. The van der Waals surface area contributed by atoms with Gasteiger partial charge < -0.3 is 5.73 Å². The molecule has 5 nitrogen and oxygen atoms in total. The Labute approximate surface area is 75.5 Å². The van der Waals surface area contributed by atoms with E-state index < -0.39 is 5.54 Å². The van der Waals surface area contributed by atoms with Gasteiger partial charge in [-0.25, -0.2) is 0 Å². The van der Waals surface area contributed by atoms with E-state index in [4.69, 9.17) is 5.73 Å². The molecule has 1 fully saturated rings. The first-order valence-electron chi connectivity index (χ1n) is 4.28. The Kier molecular flexibility index (Phi) is 1.61. The molecule has 13 heavy (non-hydrogen) atoms. The number of rotatable bonds is 2. The third-order valence-corrected chi connectivity index (χ3v) is 2.77. The average Bonchev–Trinajstić information content (AvgIpc) is 2.88. The summed E-state index contributed by atoms with van der Waals surface area (Å²) in [5.74, 6) is 0.0937. The summed E-state index contributed by atoms with van der Waals surface area (Å²) >= 11 is 0. The molecule has 1 aliphatic carbocycles. The molecule has 0 bridgehead atoms. The third-order valence-electron chi connectivity index (χ3n) is 2.77. The smallest absolute Gasteiger partial charge is 0.282 e. The van der Waals surface area contributed by atoms with Crippen molar-refractivity contribution in [1.29, 1.82) is 0 Å². The van der Waals surface area contributed by atoms with Crippen LogP contribution in [0.25, 0.3) is 0 Å². The van der Waals surface area contributed by atoms with Gasteiger partial charge in [0.15, 0.2) is 0 Å². The second kappa shape index (κ2) is 2.55. The number of allylic oxidation sites excluding steroid dienone is 1. The van der Waals surface area contributed by atoms with Crippen molar-refractivity contribution < 1.29 is 4.92 Å². The highest BCUT2D eigenvalue weighted by molar-refractivity contribution is 5.74. The zero-order valence-corrected chi connectivity index (χ0v) is 7.14. The van der Waals surface area contributed by atoms with Gasteiger partial charge in [0.1, 0.15) is 6.54 Å². The molecule has 1 saturated carbocycles. The summed E-state index contributed by atoms with van der Waals surface area (Å²) in [5.41, 5.74) is 4.95. The number of hydrogen-bond donors (Lipinski definition) is 1. The minimum Gasteiger partial charge on any atom is -0.396 e. The van der Waals surface area contributed by atoms with Gasteiger partial charge in [0.25, 0.3) is 5.54 Å². The average molecular weight is 181 g/mol. The minimum atomic E-state index is -1.09. The molecule has 1 heterocycles. The van der Waals surface area contributed by atoms with Crippen LogP contribution in [0.2, 0.25) is 0 Å². The van der Waals surface area contributed by atoms with Crippen LogP contribution in [-0.4, -0.2) is 23.2 Å². The van der Waals surface area contributed by atoms with Gasteiger partial charge in [-0.15, -0.1) is 0 Å². The van der Waals surface area contributed by atoms with E-state index >= 15 is 0 Å². The maximum absolute atomic E-state index is 11.0. The SMILES string of the molecule is NC1=CC=NCC1(C1CC1)[N+](=O)[O-]. The number of nitrogens with zero attached hydrogens (tertiary/aromatic N) is 2. The zero-order valence-electron chi connectivity index (χ0n) is 7.14. The van der Waals surface area contributed by atoms with Gasteiger partial charge in [0, 0.05) is 17.1 Å². The molecule has 0 spiro atoms. The Morgan fingerprint density at radius 2 is 2.38 bits per heavy atom. The second-order valence-electron chi connectivity index (χ2n) is 3.57. The molecule has 1 aliphatic heterocycles. The van der Waals surface area contributed by atoms with Crippen LogP contribution in [-0.2, 0) is 0 Å². The normalized spacial score (nSPS) is 32.8. The van der Waals surface area contributed by atoms with Gasteiger partial charge in [0.2, 0.25) is 0 Å². The van der Waals surface area contributed by atoms with Crippen molar-refractivity contribution in [2.24, 2.45) is 16.6 Å². The van der Waals surface area contributed by atoms with Crippen LogP contribution in [0.4, 0.5) is 0 Å². The first-order valence-corrected chi connectivity index (χ1v) is 4.28. The van der Waals surface area contributed by atoms with Crippen molar-refractivity contribution in [2.75, 3.05) is 6.54 Å². The highest BCUT2D eigenvalue weighted by atomic mass is 16.6. The van der Waals surface area contributed by atoms with Gasteiger partial charge in [0.05, 0.1) is 5.70 Å². The van der Waals surface area contributed by atoms with E-state index in [2.05, 4.69) is 4.99 Å². The van der Waals surface area contributed by atoms with E-state index in [1.54, 1.807) is 12.3 Å². The van der Waals surface area contributed by atoms with Gasteiger partial charge in [-0.3, -0.25) is 15.1 Å². The monoisotopic (exact) mass is 181 g/mol. The van der Waals surface area contributed by atoms with E-state index in [9.17, 15) is 10.1 Å². The molecule has 2 rings (SSSR count). The Morgan fingerprint density at radius 1 is 1.69 bits per heavy atom. The largest absolute Gasteiger partial charge is 0.396 e. The molecule has 2 N–H and O–H groups in total. The number of nitrogens with two attached hydrogens (primary N) is 1. The highest BCUT2D eigenvalue weighted by Crippen LogP contribution is 2.45. The van der Waals surface area contributed by atoms with Gasteiger partial charge in [-0.1, -0.05) is 0 Å². The van der Waals surface area contributed by atoms with Crippen LogP contribution in [0.3, 0.4) is 0 Å². The first kappa shape index (κ1) is 8.22. The van der Waals surface area contributed by atoms with Crippen LogP contribution in [0, 0.1) is 16.0 Å². The van der Waals surface area contributed by atoms with E-state index in [-0.39, 0.29) is 17.4 Å². The minimum absolute atomic E-state index is 0.0937. The van der Waals surface area contributed by atoms with E-state index in [1.807, 2.05) is 0 Å². The molecule has 0 aromatic heterocycles. The van der Waals surface area contributed by atoms with Crippen molar-refractivity contribution in [3.8, 4) is 0 Å². The van der Waals surface area contributed by atoms with Crippen LogP contribution >= 0.6 is 0 Å². The van der Waals surface area contributed by atoms with E-state index in [0.717, 1.165) is 12.8 Å². The molecule has 0 aromatic rings. The molecule has 0 radical (unpaired) electrons. The van der Waals surface area contributed by atoms with Crippen molar-refractivity contribution in [2.45, 2.75) is 18.4 Å². The maximum Gasteiger partial charge on any atom is 0.282 e. The molecular weight excluding hydrogens is 170 g/mol. The van der Waals surface area contributed by atoms with E-state index in [0.29, 0.717) is 5.70 Å². The van der Waals surface area contributed by atoms with Crippen LogP contribution in [0.15, 0.2) is 16.8 Å². The van der Waals surface area contributed by atoms with Crippen LogP contribution in [0.1, 0.15) is 12.8 Å². The number of aliphatic imine (C=N–C) groups is 1. The molecule has 0 aromatic carbocycles. The summed E-state index contributed by atoms with van der Waals surface area (Å²) in [7, 11) is 0. The quantitative estimate of drug-likeness (QED) is 0.492. The maximum atomic E-state index is 11.0. The van der Waals surface area contributed by atoms with Crippen molar-refractivity contribution >= 4 is 6.21 Å². The molecule has 70 valence electrons. The van der Waals surface area contributed by atoms with E-state index in [1.165, 1.54) is 0 Å². The van der Waals surface area contributed by atoms with Crippen LogP contribution in [0.5, 0.6) is 0 Å². The van der Waals surface area contributed by atoms with Crippen molar-refractivity contribution in [1.82, 2.24) is 0 Å². The third kappa shape index (κ3) is 1.03. The van der Waals surface area contributed by atoms with Gasteiger partial charge >= 0.3 is 0 Å². The first-order chi connectivity index (χ1) is 6.18. The lowest BCUT2D eigenvalue weighted by molar-refractivity contribution is -0.560. The summed E-state index contributed by atoms with van der Waals surface area (Å²) in [6.07, 6.45) is 4.88. The molecule has 1 atom stereocenters. The highest BCUT2D eigenvalue weighted by Gasteiger charge is 2.58. The Morgan fingerprint density at radius 3 is 2.85 bits per heavy atom. The Bertz CT molecular complexity index is 307. The lowest BCUT2D eigenvalue weighted by Gasteiger charge is -2.25. The number of hydrogen-bond acceptors (Lipinski definition) is 4. The summed E-state index contributed by atoms with van der Waals surface area (Å²) in [6.45, 7) is 0.201. The standard InChI is InChI=1S/C8H11N3O2/c9-7-3-4-10-5-8(7,11(12)13)6-1-2-6/h3-4,6H,1-2,5,9H2. The number of nitro groups is 1. The van der Waals surface area contributed by atoms with Gasteiger partial charge in [-0.2, -0.15) is 0 Å². The summed E-state index contributed by atoms with van der Waals surface area (Å²) in [5, 5.41) is 11.0. The molecule has 0 saturated heterocycles.